The van der Waals surface area contributed by atoms with Crippen molar-refractivity contribution >= 4 is 21.7 Å². The lowest BCUT2D eigenvalue weighted by atomic mass is 10.1. The third-order valence-electron chi connectivity index (χ3n) is 2.67. The molecule has 0 saturated carbocycles. The molecule has 0 aliphatic rings. The van der Waals surface area contributed by atoms with Gasteiger partial charge in [-0.2, -0.15) is 0 Å². The van der Waals surface area contributed by atoms with Gasteiger partial charge in [0.2, 0.25) is 0 Å². The van der Waals surface area contributed by atoms with E-state index in [1.165, 1.54) is 5.56 Å². The molecule has 17 heavy (non-hydrogen) atoms. The molecular weight excluding hydrogens is 278 g/mol. The van der Waals surface area contributed by atoms with Gasteiger partial charge in [-0.3, -0.25) is 0 Å². The Bertz CT molecular complexity index is 556. The summed E-state index contributed by atoms with van der Waals surface area (Å²) in [6, 6.07) is 6.21. The highest BCUT2D eigenvalue weighted by Crippen LogP contribution is 2.26. The third kappa shape index (κ3) is 2.31. The molecule has 0 saturated heterocycles. The summed E-state index contributed by atoms with van der Waals surface area (Å²) >= 11 is 3.37. The smallest absolute Gasteiger partial charge is 0.162 e. The second-order valence-corrected chi connectivity index (χ2v) is 4.94. The van der Waals surface area contributed by atoms with Crippen LogP contribution >= 0.6 is 15.9 Å². The Kier molecular flexibility index (Phi) is 3.15. The molecule has 0 spiro atoms. The third-order valence-corrected chi connectivity index (χ3v) is 3.65. The summed E-state index contributed by atoms with van der Waals surface area (Å²) in [7, 11) is 0. The monoisotopic (exact) mass is 291 g/mol. The van der Waals surface area contributed by atoms with Crippen LogP contribution in [-0.2, 0) is 0 Å². The van der Waals surface area contributed by atoms with E-state index in [1.54, 1.807) is 0 Å². The normalized spacial score (nSPS) is 10.6. The fraction of sp³-hybridized carbons (Fsp3) is 0.231. The fourth-order valence-electron chi connectivity index (χ4n) is 1.77. The summed E-state index contributed by atoms with van der Waals surface area (Å²) in [6.45, 7) is 6.03. The average Bonchev–Trinajstić information content (AvgIpc) is 2.25. The number of aryl methyl sites for hydroxylation is 3. The lowest BCUT2D eigenvalue weighted by Gasteiger charge is -2.08. The van der Waals surface area contributed by atoms with Crippen LogP contribution in [-0.4, -0.2) is 9.97 Å². The zero-order valence-electron chi connectivity index (χ0n) is 10.1. The molecular formula is C13H14BrN3. The van der Waals surface area contributed by atoms with Gasteiger partial charge in [0.1, 0.15) is 5.82 Å². The molecule has 2 rings (SSSR count). The zero-order valence-corrected chi connectivity index (χ0v) is 11.7. The molecule has 0 amide bonds. The Morgan fingerprint density at radius 2 is 1.82 bits per heavy atom. The highest BCUT2D eigenvalue weighted by atomic mass is 79.9. The second kappa shape index (κ2) is 4.45. The van der Waals surface area contributed by atoms with Crippen LogP contribution in [0.1, 0.15) is 16.8 Å². The van der Waals surface area contributed by atoms with E-state index in [9.17, 15) is 0 Å². The largest absolute Gasteiger partial charge is 0.383 e. The van der Waals surface area contributed by atoms with Crippen molar-refractivity contribution in [1.82, 2.24) is 9.97 Å². The van der Waals surface area contributed by atoms with Crippen LogP contribution in [0, 0.1) is 20.8 Å². The highest BCUT2D eigenvalue weighted by Gasteiger charge is 2.10. The maximum Gasteiger partial charge on any atom is 0.162 e. The van der Waals surface area contributed by atoms with Crippen LogP contribution in [0.25, 0.3) is 11.4 Å². The van der Waals surface area contributed by atoms with Crippen molar-refractivity contribution in [3.8, 4) is 11.4 Å². The van der Waals surface area contributed by atoms with Crippen LogP contribution in [0.15, 0.2) is 22.7 Å². The number of nitrogens with two attached hydrogens (primary N) is 1. The Morgan fingerprint density at radius 3 is 2.41 bits per heavy atom. The van der Waals surface area contributed by atoms with E-state index >= 15 is 0 Å². The summed E-state index contributed by atoms with van der Waals surface area (Å²) in [5.74, 6) is 1.16. The number of hydrogen-bond donors (Lipinski definition) is 1. The Hall–Kier alpha value is -1.42. The van der Waals surface area contributed by atoms with Crippen molar-refractivity contribution in [3.63, 3.8) is 0 Å². The predicted octanol–water partition coefficient (Wildman–Crippen LogP) is 3.41. The minimum Gasteiger partial charge on any atom is -0.383 e. The molecule has 1 heterocycles. The number of nitrogen functional groups attached to an aromatic ring is 1. The van der Waals surface area contributed by atoms with Crippen molar-refractivity contribution in [3.05, 3.63) is 39.5 Å². The second-order valence-electron chi connectivity index (χ2n) is 4.15. The van der Waals surface area contributed by atoms with E-state index in [4.69, 9.17) is 5.73 Å². The van der Waals surface area contributed by atoms with Gasteiger partial charge in [-0.05, 0) is 42.3 Å². The molecule has 0 radical (unpaired) electrons. The van der Waals surface area contributed by atoms with E-state index in [0.29, 0.717) is 11.6 Å². The first kappa shape index (κ1) is 12.0. The molecule has 0 bridgehead atoms. The average molecular weight is 292 g/mol. The van der Waals surface area contributed by atoms with Crippen molar-refractivity contribution in [2.75, 3.05) is 5.73 Å². The van der Waals surface area contributed by atoms with Crippen LogP contribution in [0.4, 0.5) is 5.82 Å². The van der Waals surface area contributed by atoms with E-state index < -0.39 is 0 Å². The topological polar surface area (TPSA) is 51.8 Å². The summed E-state index contributed by atoms with van der Waals surface area (Å²) < 4.78 is 0.769. The van der Waals surface area contributed by atoms with Crippen LogP contribution in [0.5, 0.6) is 0 Å². The minimum atomic E-state index is 0.479. The van der Waals surface area contributed by atoms with Gasteiger partial charge < -0.3 is 5.73 Å². The molecule has 88 valence electrons. The highest BCUT2D eigenvalue weighted by molar-refractivity contribution is 9.10. The predicted molar refractivity (Wildman–Crippen MR) is 73.8 cm³/mol. The maximum absolute atomic E-state index is 5.84. The number of anilines is 1. The number of nitrogens with zero attached hydrogens (tertiary/aromatic N) is 2. The van der Waals surface area contributed by atoms with E-state index in [2.05, 4.69) is 51.9 Å². The Labute approximate surface area is 109 Å². The fourth-order valence-corrected chi connectivity index (χ4v) is 1.94. The number of halogens is 1. The first-order valence-corrected chi connectivity index (χ1v) is 6.15. The summed E-state index contributed by atoms with van der Waals surface area (Å²) in [5.41, 5.74) is 10.1. The Balaban J connectivity index is 2.61. The molecule has 4 heteroatoms. The summed E-state index contributed by atoms with van der Waals surface area (Å²) in [4.78, 5) is 8.77. The number of rotatable bonds is 1. The van der Waals surface area contributed by atoms with Gasteiger partial charge in [0, 0.05) is 5.56 Å². The van der Waals surface area contributed by atoms with Crippen LogP contribution in [0.3, 0.4) is 0 Å². The van der Waals surface area contributed by atoms with Crippen molar-refractivity contribution < 1.29 is 0 Å². The molecule has 3 nitrogen and oxygen atoms in total. The van der Waals surface area contributed by atoms with Gasteiger partial charge in [0.15, 0.2) is 5.82 Å². The molecule has 2 N–H and O–H groups in total. The van der Waals surface area contributed by atoms with Crippen molar-refractivity contribution in [2.24, 2.45) is 0 Å². The molecule has 0 aliphatic heterocycles. The zero-order chi connectivity index (χ0) is 12.6. The van der Waals surface area contributed by atoms with E-state index in [0.717, 1.165) is 21.3 Å². The maximum atomic E-state index is 5.84. The molecule has 0 atom stereocenters. The van der Waals surface area contributed by atoms with Crippen molar-refractivity contribution in [2.45, 2.75) is 20.8 Å². The summed E-state index contributed by atoms with van der Waals surface area (Å²) in [6.07, 6.45) is 0. The number of aromatic nitrogens is 2. The minimum absolute atomic E-state index is 0.479. The molecule has 0 aliphatic carbocycles. The molecule has 0 unspecified atom stereocenters. The van der Waals surface area contributed by atoms with Gasteiger partial charge in [0.25, 0.3) is 0 Å². The van der Waals surface area contributed by atoms with Crippen molar-refractivity contribution in [1.29, 1.82) is 0 Å². The lowest BCUT2D eigenvalue weighted by molar-refractivity contribution is 1.10. The molecule has 0 fully saturated rings. The summed E-state index contributed by atoms with van der Waals surface area (Å²) in [5, 5.41) is 0. The lowest BCUT2D eigenvalue weighted by Crippen LogP contribution is -2.01. The molecule has 1 aromatic carbocycles. The van der Waals surface area contributed by atoms with Crippen LogP contribution in [0.2, 0.25) is 0 Å². The van der Waals surface area contributed by atoms with Gasteiger partial charge in [-0.1, -0.05) is 23.8 Å². The molecule has 2 aromatic rings. The standard InChI is InChI=1S/C13H14BrN3/c1-7-4-5-10(8(2)6-7)13-16-9(3)11(14)12(15)17-13/h4-6H,1-3H3,(H2,15,16,17). The van der Waals surface area contributed by atoms with Gasteiger partial charge in [0.05, 0.1) is 10.2 Å². The van der Waals surface area contributed by atoms with E-state index in [-0.39, 0.29) is 0 Å². The Morgan fingerprint density at radius 1 is 1.12 bits per heavy atom. The first-order chi connectivity index (χ1) is 7.99. The number of hydrogen-bond acceptors (Lipinski definition) is 3. The van der Waals surface area contributed by atoms with Crippen LogP contribution < -0.4 is 5.73 Å². The molecule has 1 aromatic heterocycles. The SMILES string of the molecule is Cc1ccc(-c2nc(C)c(Br)c(N)n2)c(C)c1. The first-order valence-electron chi connectivity index (χ1n) is 5.36. The van der Waals surface area contributed by atoms with Gasteiger partial charge in [-0.25, -0.2) is 9.97 Å². The quantitative estimate of drug-likeness (QED) is 0.876. The van der Waals surface area contributed by atoms with Gasteiger partial charge >= 0.3 is 0 Å². The number of benzene rings is 1. The van der Waals surface area contributed by atoms with E-state index in [1.807, 2.05) is 13.0 Å². The van der Waals surface area contributed by atoms with Gasteiger partial charge in [-0.15, -0.1) is 0 Å².